The van der Waals surface area contributed by atoms with Gasteiger partial charge in [0.25, 0.3) is 0 Å². The molecule has 0 amide bonds. The lowest BCUT2D eigenvalue weighted by atomic mass is 10.0. The van der Waals surface area contributed by atoms with Crippen LogP contribution in [0.3, 0.4) is 0 Å². The van der Waals surface area contributed by atoms with Crippen molar-refractivity contribution in [3.05, 3.63) is 29.3 Å². The van der Waals surface area contributed by atoms with Gasteiger partial charge in [0.15, 0.2) is 6.35 Å². The second kappa shape index (κ2) is 4.58. The van der Waals surface area contributed by atoms with Gasteiger partial charge in [-0.2, -0.15) is 0 Å². The molecule has 1 heterocycles. The van der Waals surface area contributed by atoms with E-state index in [9.17, 15) is 4.57 Å². The number of ether oxygens (including phenoxy) is 1. The van der Waals surface area contributed by atoms with Crippen LogP contribution in [0.5, 0.6) is 5.75 Å². The second-order valence-electron chi connectivity index (χ2n) is 4.18. The third kappa shape index (κ3) is 3.08. The number of nitrogens with one attached hydrogen (secondary N) is 1. The van der Waals surface area contributed by atoms with Crippen LogP contribution in [0.15, 0.2) is 18.2 Å². The SMILES string of the molecule is CP(=O)(O)COc1ccc2c(c1)CCNC2. The average Bonchev–Trinajstić information content (AvgIpc) is 2.25. The highest BCUT2D eigenvalue weighted by molar-refractivity contribution is 7.56. The zero-order chi connectivity index (χ0) is 11.6. The maximum Gasteiger partial charge on any atom is 0.233 e. The molecule has 0 saturated heterocycles. The van der Waals surface area contributed by atoms with Gasteiger partial charge in [-0.1, -0.05) is 6.07 Å². The first-order valence-electron chi connectivity index (χ1n) is 5.29. The van der Waals surface area contributed by atoms with E-state index in [4.69, 9.17) is 9.63 Å². The van der Waals surface area contributed by atoms with Crippen molar-refractivity contribution in [3.63, 3.8) is 0 Å². The monoisotopic (exact) mass is 241 g/mol. The molecule has 0 fully saturated rings. The number of benzene rings is 1. The highest BCUT2D eigenvalue weighted by Gasteiger charge is 2.12. The minimum absolute atomic E-state index is 0.121. The first-order chi connectivity index (χ1) is 7.54. The summed E-state index contributed by atoms with van der Waals surface area (Å²) in [5, 5.41) is 3.29. The Kier molecular flexibility index (Phi) is 3.33. The number of hydrogen-bond acceptors (Lipinski definition) is 3. The van der Waals surface area contributed by atoms with Gasteiger partial charge in [0.1, 0.15) is 5.75 Å². The van der Waals surface area contributed by atoms with Gasteiger partial charge < -0.3 is 14.9 Å². The standard InChI is InChI=1S/C11H16NO3P/c1-16(13,14)8-15-11-3-2-10-7-12-5-4-9(10)6-11/h2-3,6,12H,4-5,7-8H2,1H3,(H,13,14). The van der Waals surface area contributed by atoms with Crippen LogP contribution in [0.4, 0.5) is 0 Å². The van der Waals surface area contributed by atoms with E-state index in [0.29, 0.717) is 5.75 Å². The molecule has 1 unspecified atom stereocenters. The zero-order valence-electron chi connectivity index (χ0n) is 9.27. The van der Waals surface area contributed by atoms with Gasteiger partial charge in [0.05, 0.1) is 0 Å². The van der Waals surface area contributed by atoms with E-state index in [1.54, 1.807) is 0 Å². The van der Waals surface area contributed by atoms with Crippen molar-refractivity contribution in [3.8, 4) is 5.75 Å². The van der Waals surface area contributed by atoms with Crippen LogP contribution in [0.25, 0.3) is 0 Å². The molecule has 1 aliphatic rings. The van der Waals surface area contributed by atoms with E-state index < -0.39 is 7.37 Å². The fraction of sp³-hybridized carbons (Fsp3) is 0.455. The molecule has 2 N–H and O–H groups in total. The molecule has 0 radical (unpaired) electrons. The van der Waals surface area contributed by atoms with Crippen LogP contribution in [-0.4, -0.2) is 24.5 Å². The molecular formula is C11H16NO3P. The van der Waals surface area contributed by atoms with E-state index in [1.807, 2.05) is 18.2 Å². The van der Waals surface area contributed by atoms with Crippen molar-refractivity contribution in [1.82, 2.24) is 5.32 Å². The zero-order valence-corrected chi connectivity index (χ0v) is 10.2. The molecule has 0 saturated carbocycles. The first-order valence-corrected chi connectivity index (χ1v) is 7.58. The van der Waals surface area contributed by atoms with Gasteiger partial charge in [0, 0.05) is 13.2 Å². The Balaban J connectivity index is 2.08. The third-order valence-corrected chi connectivity index (χ3v) is 3.14. The summed E-state index contributed by atoms with van der Waals surface area (Å²) in [6, 6.07) is 5.82. The molecular weight excluding hydrogens is 225 g/mol. The molecule has 0 spiro atoms. The minimum atomic E-state index is -3.09. The summed E-state index contributed by atoms with van der Waals surface area (Å²) in [7, 11) is -3.09. The van der Waals surface area contributed by atoms with Crippen molar-refractivity contribution < 1.29 is 14.2 Å². The van der Waals surface area contributed by atoms with Crippen LogP contribution < -0.4 is 10.1 Å². The Morgan fingerprint density at radius 2 is 2.31 bits per heavy atom. The number of fused-ring (bicyclic) bond motifs is 1. The molecule has 1 aromatic rings. The largest absolute Gasteiger partial charge is 0.484 e. The van der Waals surface area contributed by atoms with E-state index in [0.717, 1.165) is 19.5 Å². The summed E-state index contributed by atoms with van der Waals surface area (Å²) in [5.41, 5.74) is 2.54. The topological polar surface area (TPSA) is 58.6 Å². The molecule has 2 rings (SSSR count). The number of rotatable bonds is 3. The predicted octanol–water partition coefficient (Wildman–Crippen LogP) is 1.57. The van der Waals surface area contributed by atoms with Gasteiger partial charge in [-0.3, -0.25) is 4.57 Å². The van der Waals surface area contributed by atoms with E-state index >= 15 is 0 Å². The Labute approximate surface area is 95.1 Å². The normalized spacial score (nSPS) is 18.6. The molecule has 0 aromatic heterocycles. The maximum atomic E-state index is 11.1. The summed E-state index contributed by atoms with van der Waals surface area (Å²) in [6.07, 6.45) is 0.861. The van der Waals surface area contributed by atoms with Crippen LogP contribution in [0.2, 0.25) is 0 Å². The van der Waals surface area contributed by atoms with Gasteiger partial charge >= 0.3 is 0 Å². The molecule has 88 valence electrons. The fourth-order valence-electron chi connectivity index (χ4n) is 1.74. The highest BCUT2D eigenvalue weighted by atomic mass is 31.2. The Morgan fingerprint density at radius 1 is 1.50 bits per heavy atom. The van der Waals surface area contributed by atoms with E-state index in [1.165, 1.54) is 17.8 Å². The molecule has 16 heavy (non-hydrogen) atoms. The molecule has 1 aromatic carbocycles. The van der Waals surface area contributed by atoms with Crippen molar-refractivity contribution in [2.75, 3.05) is 19.6 Å². The van der Waals surface area contributed by atoms with Crippen LogP contribution in [0.1, 0.15) is 11.1 Å². The number of hydrogen-bond donors (Lipinski definition) is 2. The summed E-state index contributed by atoms with van der Waals surface area (Å²) < 4.78 is 16.4. The average molecular weight is 241 g/mol. The molecule has 4 nitrogen and oxygen atoms in total. The fourth-order valence-corrected chi connectivity index (χ4v) is 2.13. The molecule has 0 aliphatic carbocycles. The van der Waals surface area contributed by atoms with Gasteiger partial charge in [0.2, 0.25) is 7.37 Å². The summed E-state index contributed by atoms with van der Waals surface area (Å²) in [5.74, 6) is 0.678. The Bertz CT molecular complexity index is 427. The molecule has 5 heteroatoms. The summed E-state index contributed by atoms with van der Waals surface area (Å²) in [4.78, 5) is 9.14. The van der Waals surface area contributed by atoms with Crippen molar-refractivity contribution in [2.45, 2.75) is 13.0 Å². The Hall–Kier alpha value is -0.830. The van der Waals surface area contributed by atoms with Crippen LogP contribution in [-0.2, 0) is 17.5 Å². The molecule has 1 aliphatic heterocycles. The van der Waals surface area contributed by atoms with Gasteiger partial charge in [-0.25, -0.2) is 0 Å². The van der Waals surface area contributed by atoms with E-state index in [-0.39, 0.29) is 6.35 Å². The predicted molar refractivity (Wildman–Crippen MR) is 63.1 cm³/mol. The minimum Gasteiger partial charge on any atom is -0.484 e. The Morgan fingerprint density at radius 3 is 3.06 bits per heavy atom. The van der Waals surface area contributed by atoms with Crippen molar-refractivity contribution in [2.24, 2.45) is 0 Å². The van der Waals surface area contributed by atoms with Crippen LogP contribution in [0, 0.1) is 0 Å². The lowest BCUT2D eigenvalue weighted by Crippen LogP contribution is -2.23. The summed E-state index contributed by atoms with van der Waals surface area (Å²) in [6.45, 7) is 3.17. The lowest BCUT2D eigenvalue weighted by Gasteiger charge is -2.18. The van der Waals surface area contributed by atoms with Crippen molar-refractivity contribution in [1.29, 1.82) is 0 Å². The van der Waals surface area contributed by atoms with Crippen LogP contribution >= 0.6 is 7.37 Å². The van der Waals surface area contributed by atoms with Crippen molar-refractivity contribution >= 4 is 7.37 Å². The highest BCUT2D eigenvalue weighted by Crippen LogP contribution is 2.35. The third-order valence-electron chi connectivity index (χ3n) is 2.54. The molecule has 0 bridgehead atoms. The van der Waals surface area contributed by atoms with E-state index in [2.05, 4.69) is 5.32 Å². The van der Waals surface area contributed by atoms with Gasteiger partial charge in [-0.15, -0.1) is 0 Å². The lowest BCUT2D eigenvalue weighted by molar-refractivity contribution is 0.352. The maximum absolute atomic E-state index is 11.1. The summed E-state index contributed by atoms with van der Waals surface area (Å²) >= 11 is 0. The molecule has 1 atom stereocenters. The van der Waals surface area contributed by atoms with Gasteiger partial charge in [-0.05, 0) is 36.2 Å². The quantitative estimate of drug-likeness (QED) is 0.789. The first kappa shape index (κ1) is 11.6. The second-order valence-corrected chi connectivity index (χ2v) is 6.54. The smallest absolute Gasteiger partial charge is 0.233 e.